The molecule has 0 amide bonds. The maximum absolute atomic E-state index is 12.5. The van der Waals surface area contributed by atoms with Crippen molar-refractivity contribution in [1.82, 2.24) is 13.8 Å². The summed E-state index contributed by atoms with van der Waals surface area (Å²) in [6.45, 7) is 3.01. The molecule has 0 atom stereocenters. The molecule has 2 aromatic rings. The topological polar surface area (TPSA) is 145 Å². The Bertz CT molecular complexity index is 1180. The van der Waals surface area contributed by atoms with Crippen LogP contribution in [0.4, 0.5) is 5.82 Å². The molecule has 0 fully saturated rings. The molecule has 136 valence electrons. The van der Waals surface area contributed by atoms with Gasteiger partial charge in [0.15, 0.2) is 5.76 Å². The van der Waals surface area contributed by atoms with Gasteiger partial charge in [0.05, 0.1) is 10.8 Å². The van der Waals surface area contributed by atoms with Gasteiger partial charge in [-0.25, -0.2) is 12.8 Å². The molecule has 11 heteroatoms. The van der Waals surface area contributed by atoms with Gasteiger partial charge in [-0.05, 0) is 37.6 Å². The Morgan fingerprint density at radius 2 is 2.00 bits per heavy atom. The summed E-state index contributed by atoms with van der Waals surface area (Å²) < 4.78 is 30.0. The van der Waals surface area contributed by atoms with Crippen LogP contribution in [0.5, 0.6) is 0 Å². The summed E-state index contributed by atoms with van der Waals surface area (Å²) in [5.41, 5.74) is 5.64. The van der Waals surface area contributed by atoms with E-state index in [9.17, 15) is 23.1 Å². The standard InChI is InChI=1S/C15H14N4O5S2/c1-7(2)26(23,24)15-18-25-14-17-13(22)9(12(16)19(14)15)5-8-3-4-10(20)11(21)6-8/h3-7,21H,16H2,1-2H3/b8-5+. The van der Waals surface area contributed by atoms with Crippen molar-refractivity contribution in [2.24, 2.45) is 0 Å². The van der Waals surface area contributed by atoms with Crippen molar-refractivity contribution >= 4 is 44.0 Å². The Labute approximate surface area is 151 Å². The molecule has 3 rings (SSSR count). The van der Waals surface area contributed by atoms with Crippen LogP contribution >= 0.6 is 11.5 Å². The van der Waals surface area contributed by atoms with Gasteiger partial charge in [-0.3, -0.25) is 9.59 Å². The summed E-state index contributed by atoms with van der Waals surface area (Å²) in [6.07, 6.45) is 5.03. The zero-order valence-electron chi connectivity index (χ0n) is 13.7. The van der Waals surface area contributed by atoms with Crippen molar-refractivity contribution in [3.8, 4) is 0 Å². The Morgan fingerprint density at radius 3 is 2.62 bits per heavy atom. The maximum Gasteiger partial charge on any atom is 0.283 e. The van der Waals surface area contributed by atoms with E-state index in [1.165, 1.54) is 32.1 Å². The van der Waals surface area contributed by atoms with E-state index in [4.69, 9.17) is 5.73 Å². The van der Waals surface area contributed by atoms with E-state index < -0.39 is 32.2 Å². The predicted octanol–water partition coefficient (Wildman–Crippen LogP) is 0.879. The van der Waals surface area contributed by atoms with Gasteiger partial charge < -0.3 is 10.8 Å². The van der Waals surface area contributed by atoms with Gasteiger partial charge >= 0.3 is 0 Å². The molecule has 0 saturated heterocycles. The first kappa shape index (κ1) is 18.0. The van der Waals surface area contributed by atoms with Crippen molar-refractivity contribution in [3.63, 3.8) is 0 Å². The molecule has 2 heterocycles. The number of aromatic nitrogens is 3. The van der Waals surface area contributed by atoms with Crippen LogP contribution in [0.2, 0.25) is 0 Å². The van der Waals surface area contributed by atoms with Gasteiger partial charge in [0.2, 0.25) is 25.7 Å². The fourth-order valence-electron chi connectivity index (χ4n) is 2.21. The maximum atomic E-state index is 12.5. The van der Waals surface area contributed by atoms with Crippen molar-refractivity contribution in [1.29, 1.82) is 0 Å². The molecular formula is C15H14N4O5S2. The number of anilines is 1. The number of ketones is 1. The predicted molar refractivity (Wildman–Crippen MR) is 96.7 cm³/mol. The summed E-state index contributed by atoms with van der Waals surface area (Å²) in [6, 6.07) is 0. The minimum Gasteiger partial charge on any atom is -0.504 e. The number of rotatable bonds is 3. The molecule has 26 heavy (non-hydrogen) atoms. The van der Waals surface area contributed by atoms with Crippen LogP contribution < -0.4 is 11.3 Å². The average molecular weight is 394 g/mol. The molecule has 0 spiro atoms. The number of nitrogens with zero attached hydrogens (tertiary/aromatic N) is 3. The highest BCUT2D eigenvalue weighted by Gasteiger charge is 2.27. The normalized spacial score (nSPS) is 16.7. The molecule has 0 unspecified atom stereocenters. The second kappa shape index (κ2) is 6.18. The zero-order valence-corrected chi connectivity index (χ0v) is 15.3. The van der Waals surface area contributed by atoms with Gasteiger partial charge in [-0.1, -0.05) is 6.08 Å². The van der Waals surface area contributed by atoms with Gasteiger partial charge in [-0.15, -0.1) is 0 Å². The number of nitrogens with two attached hydrogens (primary N) is 1. The number of allylic oxidation sites excluding steroid dienone is 4. The average Bonchev–Trinajstić information content (AvgIpc) is 2.99. The van der Waals surface area contributed by atoms with Crippen molar-refractivity contribution < 1.29 is 18.3 Å². The number of hydrogen-bond acceptors (Lipinski definition) is 9. The van der Waals surface area contributed by atoms with Crippen LogP contribution in [0.1, 0.15) is 19.4 Å². The summed E-state index contributed by atoms with van der Waals surface area (Å²) in [4.78, 5) is 27.4. The number of hydrogen-bond donors (Lipinski definition) is 2. The van der Waals surface area contributed by atoms with Crippen LogP contribution in [-0.4, -0.2) is 38.3 Å². The molecule has 1 aliphatic carbocycles. The molecule has 0 aliphatic heterocycles. The summed E-state index contributed by atoms with van der Waals surface area (Å²) >= 11 is 0.753. The second-order valence-electron chi connectivity index (χ2n) is 5.76. The smallest absolute Gasteiger partial charge is 0.283 e. The minimum absolute atomic E-state index is 0.0571. The first-order valence-corrected chi connectivity index (χ1v) is 9.71. The van der Waals surface area contributed by atoms with E-state index >= 15 is 0 Å². The Hall–Kier alpha value is -2.79. The Balaban J connectivity index is 2.28. The third-order valence-electron chi connectivity index (χ3n) is 3.70. The molecule has 0 saturated carbocycles. The molecular weight excluding hydrogens is 380 g/mol. The van der Waals surface area contributed by atoms with E-state index in [1.807, 2.05) is 0 Å². The van der Waals surface area contributed by atoms with E-state index in [-0.39, 0.29) is 21.5 Å². The van der Waals surface area contributed by atoms with Gasteiger partial charge in [0.25, 0.3) is 5.56 Å². The van der Waals surface area contributed by atoms with Crippen molar-refractivity contribution in [2.45, 2.75) is 24.3 Å². The van der Waals surface area contributed by atoms with E-state index in [0.717, 1.165) is 22.0 Å². The lowest BCUT2D eigenvalue weighted by Crippen LogP contribution is -2.21. The van der Waals surface area contributed by atoms with Gasteiger partial charge in [0.1, 0.15) is 5.82 Å². The van der Waals surface area contributed by atoms with Gasteiger partial charge in [-0.2, -0.15) is 9.36 Å². The van der Waals surface area contributed by atoms with E-state index in [2.05, 4.69) is 9.36 Å². The third kappa shape index (κ3) is 2.84. The molecule has 9 nitrogen and oxygen atoms in total. The number of aliphatic hydroxyl groups excluding tert-OH is 1. The highest BCUT2D eigenvalue weighted by molar-refractivity contribution is 7.91. The lowest BCUT2D eigenvalue weighted by Gasteiger charge is -2.09. The quantitative estimate of drug-likeness (QED) is 0.780. The fraction of sp³-hybridized carbons (Fsp3) is 0.200. The summed E-state index contributed by atoms with van der Waals surface area (Å²) in [7, 11) is -3.75. The minimum atomic E-state index is -3.75. The molecule has 1 aliphatic rings. The SMILES string of the molecule is CC(C)S(=O)(=O)c1nsc2nc(=O)c(/C=C3\C=CC(=O)C(O)=C3)c(N)n12. The van der Waals surface area contributed by atoms with Crippen molar-refractivity contribution in [2.75, 3.05) is 5.73 Å². The van der Waals surface area contributed by atoms with Crippen LogP contribution in [0.3, 0.4) is 0 Å². The number of fused-ring (bicyclic) bond motifs is 1. The van der Waals surface area contributed by atoms with E-state index in [1.54, 1.807) is 0 Å². The summed E-state index contributed by atoms with van der Waals surface area (Å²) in [5, 5.41) is 8.49. The van der Waals surface area contributed by atoms with Crippen molar-refractivity contribution in [3.05, 3.63) is 45.5 Å². The molecule has 2 aromatic heterocycles. The van der Waals surface area contributed by atoms with E-state index in [0.29, 0.717) is 5.57 Å². The molecule has 0 aromatic carbocycles. The van der Waals surface area contributed by atoms with Crippen LogP contribution in [0, 0.1) is 0 Å². The Kier molecular flexibility index (Phi) is 4.28. The third-order valence-corrected chi connectivity index (χ3v) is 6.54. The largest absolute Gasteiger partial charge is 0.504 e. The molecule has 0 bridgehead atoms. The van der Waals surface area contributed by atoms with Crippen LogP contribution in [0.15, 0.2) is 39.5 Å². The molecule has 0 radical (unpaired) electrons. The first-order chi connectivity index (χ1) is 12.1. The lowest BCUT2D eigenvalue weighted by molar-refractivity contribution is -0.113. The summed E-state index contributed by atoms with van der Waals surface area (Å²) in [5.74, 6) is -1.18. The number of nitrogen functional groups attached to an aromatic ring is 1. The molecule has 3 N–H and O–H groups in total. The first-order valence-electron chi connectivity index (χ1n) is 7.39. The number of sulfone groups is 1. The monoisotopic (exact) mass is 394 g/mol. The zero-order chi connectivity index (χ0) is 19.2. The number of aliphatic hydroxyl groups is 1. The lowest BCUT2D eigenvalue weighted by atomic mass is 10.1. The van der Waals surface area contributed by atoms with Crippen LogP contribution in [-0.2, 0) is 14.6 Å². The number of carbonyl (C=O) groups excluding carboxylic acids is 1. The second-order valence-corrected chi connectivity index (χ2v) is 8.89. The van der Waals surface area contributed by atoms with Gasteiger partial charge in [0, 0.05) is 11.5 Å². The fourth-order valence-corrected chi connectivity index (χ4v) is 4.29. The Morgan fingerprint density at radius 1 is 1.31 bits per heavy atom. The number of carbonyl (C=O) groups is 1. The van der Waals surface area contributed by atoms with Crippen LogP contribution in [0.25, 0.3) is 11.0 Å². The highest BCUT2D eigenvalue weighted by Crippen LogP contribution is 2.24. The highest BCUT2D eigenvalue weighted by atomic mass is 32.2.